The SMILES string of the molecule is c1ccc(-n2cc(CNCCN3CCOCC3)c(-c3ccc4c(c3)OCCO4)n2)cc1. The Kier molecular flexibility index (Phi) is 6.15. The maximum absolute atomic E-state index is 5.79. The third-order valence-electron chi connectivity index (χ3n) is 5.65. The Labute approximate surface area is 182 Å². The Bertz CT molecular complexity index is 999. The summed E-state index contributed by atoms with van der Waals surface area (Å²) in [5, 5.41) is 8.52. The van der Waals surface area contributed by atoms with Gasteiger partial charge in [0, 0.05) is 50.0 Å². The number of nitrogens with one attached hydrogen (secondary N) is 1. The fourth-order valence-corrected chi connectivity index (χ4v) is 3.97. The second kappa shape index (κ2) is 9.51. The first kappa shape index (κ1) is 20.1. The number of hydrogen-bond donors (Lipinski definition) is 1. The first-order chi connectivity index (χ1) is 15.4. The molecule has 0 amide bonds. The molecule has 0 spiro atoms. The molecule has 1 N–H and O–H groups in total. The highest BCUT2D eigenvalue weighted by Gasteiger charge is 2.17. The van der Waals surface area contributed by atoms with E-state index >= 15 is 0 Å². The minimum atomic E-state index is 0.574. The van der Waals surface area contributed by atoms with Crippen LogP contribution in [0.15, 0.2) is 54.7 Å². The lowest BCUT2D eigenvalue weighted by molar-refractivity contribution is 0.0384. The topological polar surface area (TPSA) is 60.8 Å². The molecule has 0 radical (unpaired) electrons. The van der Waals surface area contributed by atoms with Gasteiger partial charge in [-0.3, -0.25) is 4.90 Å². The predicted molar refractivity (Wildman–Crippen MR) is 119 cm³/mol. The highest BCUT2D eigenvalue weighted by molar-refractivity contribution is 5.67. The number of para-hydroxylation sites is 1. The molecule has 1 saturated heterocycles. The van der Waals surface area contributed by atoms with Crippen LogP contribution in [-0.2, 0) is 11.3 Å². The summed E-state index contributed by atoms with van der Waals surface area (Å²) in [6, 6.07) is 16.3. The predicted octanol–water partition coefficient (Wildman–Crippen LogP) is 2.73. The van der Waals surface area contributed by atoms with Crippen molar-refractivity contribution in [2.75, 3.05) is 52.6 Å². The van der Waals surface area contributed by atoms with Gasteiger partial charge in [-0.05, 0) is 30.3 Å². The number of hydrogen-bond acceptors (Lipinski definition) is 6. The largest absolute Gasteiger partial charge is 0.486 e. The second-order valence-electron chi connectivity index (χ2n) is 7.77. The molecule has 2 aromatic carbocycles. The summed E-state index contributed by atoms with van der Waals surface area (Å²) in [5.41, 5.74) is 4.19. The van der Waals surface area contributed by atoms with E-state index in [0.29, 0.717) is 13.2 Å². The molecular weight excluding hydrogens is 392 g/mol. The van der Waals surface area contributed by atoms with Crippen molar-refractivity contribution in [1.82, 2.24) is 20.0 Å². The number of benzene rings is 2. The molecule has 0 unspecified atom stereocenters. The first-order valence-corrected chi connectivity index (χ1v) is 10.9. The van der Waals surface area contributed by atoms with Gasteiger partial charge < -0.3 is 19.5 Å². The van der Waals surface area contributed by atoms with Crippen molar-refractivity contribution in [3.63, 3.8) is 0 Å². The van der Waals surface area contributed by atoms with Crippen molar-refractivity contribution in [2.45, 2.75) is 6.54 Å². The van der Waals surface area contributed by atoms with E-state index < -0.39 is 0 Å². The number of rotatable bonds is 7. The molecular formula is C24H28N4O3. The summed E-state index contributed by atoms with van der Waals surface area (Å²) < 4.78 is 18.9. The Morgan fingerprint density at radius 3 is 2.55 bits per heavy atom. The quantitative estimate of drug-likeness (QED) is 0.593. The average Bonchev–Trinajstić information content (AvgIpc) is 3.27. The molecule has 1 aromatic heterocycles. The monoisotopic (exact) mass is 420 g/mol. The van der Waals surface area contributed by atoms with Crippen LogP contribution in [0.2, 0.25) is 0 Å². The molecule has 162 valence electrons. The highest BCUT2D eigenvalue weighted by atomic mass is 16.6. The highest BCUT2D eigenvalue weighted by Crippen LogP contribution is 2.35. The fourth-order valence-electron chi connectivity index (χ4n) is 3.97. The Morgan fingerprint density at radius 1 is 0.903 bits per heavy atom. The summed E-state index contributed by atoms with van der Waals surface area (Å²) in [4.78, 5) is 2.44. The number of morpholine rings is 1. The zero-order chi connectivity index (χ0) is 20.9. The zero-order valence-electron chi connectivity index (χ0n) is 17.6. The molecule has 7 heteroatoms. The van der Waals surface area contributed by atoms with Crippen LogP contribution in [0.5, 0.6) is 11.5 Å². The van der Waals surface area contributed by atoms with E-state index in [9.17, 15) is 0 Å². The van der Waals surface area contributed by atoms with Crippen LogP contribution >= 0.6 is 0 Å². The number of ether oxygens (including phenoxy) is 3. The van der Waals surface area contributed by atoms with Crippen LogP contribution in [0.4, 0.5) is 0 Å². The van der Waals surface area contributed by atoms with E-state index in [4.69, 9.17) is 19.3 Å². The molecule has 31 heavy (non-hydrogen) atoms. The van der Waals surface area contributed by atoms with Crippen molar-refractivity contribution in [3.8, 4) is 28.4 Å². The molecule has 2 aliphatic heterocycles. The first-order valence-electron chi connectivity index (χ1n) is 10.9. The van der Waals surface area contributed by atoms with Gasteiger partial charge in [-0.25, -0.2) is 4.68 Å². The Hall–Kier alpha value is -2.87. The van der Waals surface area contributed by atoms with Crippen molar-refractivity contribution in [2.24, 2.45) is 0 Å². The van der Waals surface area contributed by atoms with Gasteiger partial charge in [-0.2, -0.15) is 5.10 Å². The summed E-state index contributed by atoms with van der Waals surface area (Å²) in [6.07, 6.45) is 2.11. The van der Waals surface area contributed by atoms with Crippen LogP contribution in [0.1, 0.15) is 5.56 Å². The van der Waals surface area contributed by atoms with E-state index in [2.05, 4.69) is 34.6 Å². The van der Waals surface area contributed by atoms with E-state index in [1.165, 1.54) is 0 Å². The summed E-state index contributed by atoms with van der Waals surface area (Å²) >= 11 is 0. The molecule has 1 fully saturated rings. The summed E-state index contributed by atoms with van der Waals surface area (Å²) in [5.74, 6) is 1.58. The summed E-state index contributed by atoms with van der Waals surface area (Å²) in [6.45, 7) is 7.55. The average molecular weight is 421 g/mol. The lowest BCUT2D eigenvalue weighted by Gasteiger charge is -2.26. The third-order valence-corrected chi connectivity index (χ3v) is 5.65. The second-order valence-corrected chi connectivity index (χ2v) is 7.77. The van der Waals surface area contributed by atoms with E-state index in [1.54, 1.807) is 0 Å². The smallest absolute Gasteiger partial charge is 0.162 e. The van der Waals surface area contributed by atoms with Crippen molar-refractivity contribution in [1.29, 1.82) is 0 Å². The molecule has 3 heterocycles. The number of aromatic nitrogens is 2. The standard InChI is InChI=1S/C24H28N4O3/c1-2-4-21(5-3-1)28-18-20(17-25-8-9-27-10-12-29-13-11-27)24(26-28)19-6-7-22-23(16-19)31-15-14-30-22/h1-7,16,18,25H,8-15,17H2. The van der Waals surface area contributed by atoms with Crippen LogP contribution in [0, 0.1) is 0 Å². The van der Waals surface area contributed by atoms with Gasteiger partial charge in [-0.15, -0.1) is 0 Å². The van der Waals surface area contributed by atoms with E-state index in [1.807, 2.05) is 35.0 Å². The summed E-state index contributed by atoms with van der Waals surface area (Å²) in [7, 11) is 0. The van der Waals surface area contributed by atoms with Crippen molar-refractivity contribution in [3.05, 3.63) is 60.3 Å². The van der Waals surface area contributed by atoms with Crippen molar-refractivity contribution >= 4 is 0 Å². The Morgan fingerprint density at radius 2 is 1.71 bits per heavy atom. The minimum absolute atomic E-state index is 0.574. The molecule has 7 nitrogen and oxygen atoms in total. The number of nitrogens with zero attached hydrogens (tertiary/aromatic N) is 3. The lowest BCUT2D eigenvalue weighted by atomic mass is 10.1. The fraction of sp³-hybridized carbons (Fsp3) is 0.375. The van der Waals surface area contributed by atoms with Crippen LogP contribution in [-0.4, -0.2) is 67.3 Å². The van der Waals surface area contributed by atoms with E-state index in [-0.39, 0.29) is 0 Å². The zero-order valence-corrected chi connectivity index (χ0v) is 17.6. The maximum Gasteiger partial charge on any atom is 0.162 e. The molecule has 5 rings (SSSR count). The minimum Gasteiger partial charge on any atom is -0.486 e. The van der Waals surface area contributed by atoms with E-state index in [0.717, 1.165) is 79.9 Å². The van der Waals surface area contributed by atoms with Gasteiger partial charge >= 0.3 is 0 Å². The maximum atomic E-state index is 5.79. The molecule has 3 aromatic rings. The van der Waals surface area contributed by atoms with Gasteiger partial charge in [0.05, 0.1) is 24.6 Å². The van der Waals surface area contributed by atoms with Crippen LogP contribution in [0.25, 0.3) is 16.9 Å². The normalized spacial score (nSPS) is 16.4. The van der Waals surface area contributed by atoms with Gasteiger partial charge in [0.2, 0.25) is 0 Å². The molecule has 2 aliphatic rings. The van der Waals surface area contributed by atoms with Gasteiger partial charge in [0.25, 0.3) is 0 Å². The van der Waals surface area contributed by atoms with Gasteiger partial charge in [0.1, 0.15) is 13.2 Å². The Balaban J connectivity index is 1.36. The molecule has 0 aliphatic carbocycles. The van der Waals surface area contributed by atoms with Gasteiger partial charge in [0.15, 0.2) is 11.5 Å². The number of fused-ring (bicyclic) bond motifs is 1. The lowest BCUT2D eigenvalue weighted by Crippen LogP contribution is -2.40. The molecule has 0 atom stereocenters. The van der Waals surface area contributed by atoms with Crippen molar-refractivity contribution < 1.29 is 14.2 Å². The van der Waals surface area contributed by atoms with Gasteiger partial charge in [-0.1, -0.05) is 18.2 Å². The van der Waals surface area contributed by atoms with Crippen LogP contribution in [0.3, 0.4) is 0 Å². The third kappa shape index (κ3) is 4.74. The molecule has 0 saturated carbocycles. The molecule has 0 bridgehead atoms. The van der Waals surface area contributed by atoms with Crippen LogP contribution < -0.4 is 14.8 Å².